The molecule has 4 rings (SSSR count). The topological polar surface area (TPSA) is 85.6 Å². The molecule has 3 aromatic rings. The summed E-state index contributed by atoms with van der Waals surface area (Å²) >= 11 is 0. The van der Waals surface area contributed by atoms with Crippen molar-refractivity contribution in [2.45, 2.75) is 13.0 Å². The van der Waals surface area contributed by atoms with Crippen LogP contribution in [0.2, 0.25) is 0 Å². The fraction of sp³-hybridized carbons (Fsp3) is 0.200. The zero-order valence-corrected chi connectivity index (χ0v) is 14.5. The van der Waals surface area contributed by atoms with Crippen LogP contribution in [-0.2, 0) is 17.8 Å². The van der Waals surface area contributed by atoms with Crippen molar-refractivity contribution in [2.24, 2.45) is 0 Å². The molecule has 1 aromatic heterocycles. The summed E-state index contributed by atoms with van der Waals surface area (Å²) in [4.78, 5) is 29.2. The lowest BCUT2D eigenvalue weighted by Crippen LogP contribution is -2.38. The first-order chi connectivity index (χ1) is 13.1. The van der Waals surface area contributed by atoms with Gasteiger partial charge in [0.05, 0.1) is 10.3 Å². The smallest absolute Gasteiger partial charge is 0.279 e. The van der Waals surface area contributed by atoms with Crippen molar-refractivity contribution in [1.82, 2.24) is 9.88 Å². The summed E-state index contributed by atoms with van der Waals surface area (Å²) in [5, 5.41) is 11.6. The lowest BCUT2D eigenvalue weighted by molar-refractivity contribution is -0.383. The van der Waals surface area contributed by atoms with E-state index in [9.17, 15) is 14.9 Å². The average Bonchev–Trinajstić information content (AvgIpc) is 2.71. The van der Waals surface area contributed by atoms with Gasteiger partial charge in [0.1, 0.15) is 11.3 Å². The quantitative estimate of drug-likeness (QED) is 0.525. The van der Waals surface area contributed by atoms with Crippen molar-refractivity contribution in [3.63, 3.8) is 0 Å². The second-order valence-corrected chi connectivity index (χ2v) is 6.36. The Bertz CT molecular complexity index is 1030. The van der Waals surface area contributed by atoms with Gasteiger partial charge in [0.15, 0.2) is 6.61 Å². The Morgan fingerprint density at radius 2 is 1.96 bits per heavy atom. The molecule has 2 heterocycles. The first-order valence-corrected chi connectivity index (χ1v) is 8.63. The van der Waals surface area contributed by atoms with Crippen LogP contribution in [0.3, 0.4) is 0 Å². The predicted molar refractivity (Wildman–Crippen MR) is 99.5 cm³/mol. The van der Waals surface area contributed by atoms with E-state index in [1.54, 1.807) is 23.2 Å². The average molecular weight is 363 g/mol. The number of hydrogen-bond acceptors (Lipinski definition) is 5. The molecule has 0 fully saturated rings. The zero-order valence-electron chi connectivity index (χ0n) is 14.5. The summed E-state index contributed by atoms with van der Waals surface area (Å²) in [6.45, 7) is 1.09. The number of hydrogen-bond donors (Lipinski definition) is 0. The Morgan fingerprint density at radius 3 is 2.78 bits per heavy atom. The Kier molecular flexibility index (Phi) is 4.42. The second kappa shape index (κ2) is 7.03. The molecule has 0 aliphatic carbocycles. The van der Waals surface area contributed by atoms with Crippen LogP contribution in [0.4, 0.5) is 5.69 Å². The molecule has 0 radical (unpaired) electrons. The summed E-state index contributed by atoms with van der Waals surface area (Å²) in [6.07, 6.45) is 2.37. The van der Waals surface area contributed by atoms with Gasteiger partial charge in [-0.05, 0) is 35.7 Å². The number of pyridine rings is 1. The van der Waals surface area contributed by atoms with Crippen LogP contribution >= 0.6 is 0 Å². The van der Waals surface area contributed by atoms with E-state index >= 15 is 0 Å². The predicted octanol–water partition coefficient (Wildman–Crippen LogP) is 3.11. The number of amides is 1. The van der Waals surface area contributed by atoms with Gasteiger partial charge in [-0.25, -0.2) is 0 Å². The molecule has 0 saturated heterocycles. The molecule has 7 heteroatoms. The number of carbonyl (C=O) groups excluding carboxylic acids is 1. The van der Waals surface area contributed by atoms with E-state index in [4.69, 9.17) is 4.74 Å². The van der Waals surface area contributed by atoms with Gasteiger partial charge >= 0.3 is 0 Å². The molecular weight excluding hydrogens is 346 g/mol. The number of benzene rings is 2. The first kappa shape index (κ1) is 17.0. The fourth-order valence-electron chi connectivity index (χ4n) is 3.35. The van der Waals surface area contributed by atoms with E-state index in [0.29, 0.717) is 29.7 Å². The summed E-state index contributed by atoms with van der Waals surface area (Å²) in [6, 6.07) is 14.2. The monoisotopic (exact) mass is 363 g/mol. The minimum absolute atomic E-state index is 0.0376. The summed E-state index contributed by atoms with van der Waals surface area (Å²) in [5.41, 5.74) is 2.76. The summed E-state index contributed by atoms with van der Waals surface area (Å²) in [7, 11) is 0. The van der Waals surface area contributed by atoms with Gasteiger partial charge in [-0.2, -0.15) is 0 Å². The SMILES string of the molecule is O=C(COc1ccc([N+](=O)[O-])c2cccnc12)N1CCc2ccccc2C1. The minimum atomic E-state index is -0.454. The van der Waals surface area contributed by atoms with Crippen LogP contribution in [0.25, 0.3) is 10.9 Å². The van der Waals surface area contributed by atoms with E-state index in [1.165, 1.54) is 17.7 Å². The van der Waals surface area contributed by atoms with Crippen molar-refractivity contribution in [3.8, 4) is 5.75 Å². The molecule has 1 aliphatic rings. The summed E-state index contributed by atoms with van der Waals surface area (Å²) in [5.74, 6) is 0.244. The van der Waals surface area contributed by atoms with Crippen molar-refractivity contribution in [1.29, 1.82) is 0 Å². The molecule has 2 aromatic carbocycles. The van der Waals surface area contributed by atoms with Gasteiger partial charge in [-0.15, -0.1) is 0 Å². The van der Waals surface area contributed by atoms with Crippen LogP contribution in [0.1, 0.15) is 11.1 Å². The van der Waals surface area contributed by atoms with E-state index in [1.807, 2.05) is 18.2 Å². The second-order valence-electron chi connectivity index (χ2n) is 6.36. The third-order valence-corrected chi connectivity index (χ3v) is 4.74. The van der Waals surface area contributed by atoms with Crippen molar-refractivity contribution >= 4 is 22.5 Å². The van der Waals surface area contributed by atoms with Crippen molar-refractivity contribution < 1.29 is 14.5 Å². The van der Waals surface area contributed by atoms with Gasteiger partial charge in [-0.1, -0.05) is 24.3 Å². The van der Waals surface area contributed by atoms with E-state index in [0.717, 1.165) is 12.0 Å². The highest BCUT2D eigenvalue weighted by molar-refractivity contribution is 5.92. The standard InChI is InChI=1S/C20H17N3O4/c24-19(22-11-9-14-4-1-2-5-15(14)12-22)13-27-18-8-7-17(23(25)26)16-6-3-10-21-20(16)18/h1-8,10H,9,11-13H2. The largest absolute Gasteiger partial charge is 0.481 e. The number of nitrogens with zero attached hydrogens (tertiary/aromatic N) is 3. The Balaban J connectivity index is 1.50. The van der Waals surface area contributed by atoms with E-state index in [-0.39, 0.29) is 18.2 Å². The molecule has 7 nitrogen and oxygen atoms in total. The molecule has 0 unspecified atom stereocenters. The molecule has 0 N–H and O–H groups in total. The summed E-state index contributed by atoms with van der Waals surface area (Å²) < 4.78 is 5.68. The molecule has 1 amide bonds. The first-order valence-electron chi connectivity index (χ1n) is 8.63. The normalized spacial score (nSPS) is 13.3. The lowest BCUT2D eigenvalue weighted by atomic mass is 10.00. The van der Waals surface area contributed by atoms with Crippen LogP contribution in [0, 0.1) is 10.1 Å². The number of rotatable bonds is 4. The Hall–Kier alpha value is -3.48. The molecule has 136 valence electrons. The number of non-ortho nitro benzene ring substituents is 1. The third kappa shape index (κ3) is 3.31. The molecule has 0 saturated carbocycles. The lowest BCUT2D eigenvalue weighted by Gasteiger charge is -2.28. The number of carbonyl (C=O) groups is 1. The highest BCUT2D eigenvalue weighted by Gasteiger charge is 2.22. The number of nitro benzene ring substituents is 1. The Labute approximate surface area is 155 Å². The highest BCUT2D eigenvalue weighted by atomic mass is 16.6. The van der Waals surface area contributed by atoms with E-state index in [2.05, 4.69) is 11.1 Å². The highest BCUT2D eigenvalue weighted by Crippen LogP contribution is 2.31. The maximum atomic E-state index is 12.6. The van der Waals surface area contributed by atoms with Crippen LogP contribution in [-0.4, -0.2) is 33.9 Å². The maximum Gasteiger partial charge on any atom is 0.279 e. The molecule has 0 spiro atoms. The number of nitro groups is 1. The van der Waals surface area contributed by atoms with Crippen molar-refractivity contribution in [2.75, 3.05) is 13.2 Å². The third-order valence-electron chi connectivity index (χ3n) is 4.74. The molecule has 0 atom stereocenters. The molecule has 1 aliphatic heterocycles. The number of fused-ring (bicyclic) bond motifs is 2. The molecule has 0 bridgehead atoms. The molecular formula is C20H17N3O4. The van der Waals surface area contributed by atoms with Gasteiger partial charge in [0.25, 0.3) is 11.6 Å². The van der Waals surface area contributed by atoms with Gasteiger partial charge in [-0.3, -0.25) is 19.9 Å². The Morgan fingerprint density at radius 1 is 1.15 bits per heavy atom. The van der Waals surface area contributed by atoms with Gasteiger partial charge < -0.3 is 9.64 Å². The van der Waals surface area contributed by atoms with Crippen LogP contribution in [0.5, 0.6) is 5.75 Å². The van der Waals surface area contributed by atoms with Crippen LogP contribution in [0.15, 0.2) is 54.7 Å². The molecule has 27 heavy (non-hydrogen) atoms. The number of aromatic nitrogens is 1. The maximum absolute atomic E-state index is 12.6. The zero-order chi connectivity index (χ0) is 18.8. The minimum Gasteiger partial charge on any atom is -0.481 e. The fourth-order valence-corrected chi connectivity index (χ4v) is 3.35. The van der Waals surface area contributed by atoms with Gasteiger partial charge in [0, 0.05) is 25.4 Å². The van der Waals surface area contributed by atoms with E-state index < -0.39 is 4.92 Å². The van der Waals surface area contributed by atoms with Crippen LogP contribution < -0.4 is 4.74 Å². The number of ether oxygens (including phenoxy) is 1. The van der Waals surface area contributed by atoms with Crippen molar-refractivity contribution in [3.05, 3.63) is 76.0 Å². The van der Waals surface area contributed by atoms with Gasteiger partial charge in [0.2, 0.25) is 0 Å².